The van der Waals surface area contributed by atoms with Gasteiger partial charge in [-0.05, 0) is 13.0 Å². The number of thioether (sulfide) groups is 1. The van der Waals surface area contributed by atoms with Gasteiger partial charge in [0.25, 0.3) is 0 Å². The average molecular weight is 313 g/mol. The second kappa shape index (κ2) is 6.06. The standard InChI is InChI=1S/C14H17ClN2O2S/c1-9(13(19)16(2)3)17-12(18)8-20-14(17)10-6-4-5-7-11(10)15/h4-7,9,14H,8H2,1-3H3. The first-order chi connectivity index (χ1) is 9.43. The molecule has 20 heavy (non-hydrogen) atoms. The fourth-order valence-electron chi connectivity index (χ4n) is 2.26. The highest BCUT2D eigenvalue weighted by molar-refractivity contribution is 8.00. The van der Waals surface area contributed by atoms with E-state index in [0.717, 1.165) is 5.56 Å². The van der Waals surface area contributed by atoms with Gasteiger partial charge in [0.05, 0.1) is 5.75 Å². The minimum absolute atomic E-state index is 0.0254. The molecule has 0 aliphatic carbocycles. The number of carbonyl (C=O) groups excluding carboxylic acids is 2. The highest BCUT2D eigenvalue weighted by Crippen LogP contribution is 2.42. The number of amides is 2. The second-order valence-corrected chi connectivity index (χ2v) is 6.37. The molecular formula is C14H17ClN2O2S. The summed E-state index contributed by atoms with van der Waals surface area (Å²) < 4.78 is 0. The maximum atomic E-state index is 12.1. The van der Waals surface area contributed by atoms with Crippen molar-refractivity contribution in [2.75, 3.05) is 19.8 Å². The zero-order chi connectivity index (χ0) is 14.9. The topological polar surface area (TPSA) is 40.6 Å². The molecule has 1 aromatic rings. The van der Waals surface area contributed by atoms with E-state index in [2.05, 4.69) is 0 Å². The third-order valence-electron chi connectivity index (χ3n) is 3.29. The highest BCUT2D eigenvalue weighted by Gasteiger charge is 2.39. The fourth-order valence-corrected chi connectivity index (χ4v) is 3.86. The lowest BCUT2D eigenvalue weighted by atomic mass is 10.1. The summed E-state index contributed by atoms with van der Waals surface area (Å²) in [6.07, 6.45) is 0. The Morgan fingerprint density at radius 3 is 2.70 bits per heavy atom. The molecule has 108 valence electrons. The molecule has 1 aliphatic rings. The normalized spacial score (nSPS) is 20.1. The molecule has 0 aromatic heterocycles. The van der Waals surface area contributed by atoms with Crippen LogP contribution in [0.4, 0.5) is 0 Å². The SMILES string of the molecule is CC(C(=O)N(C)C)N1C(=O)CSC1c1ccccc1Cl. The van der Waals surface area contributed by atoms with Crippen LogP contribution in [0, 0.1) is 0 Å². The molecule has 2 atom stereocenters. The summed E-state index contributed by atoms with van der Waals surface area (Å²) in [7, 11) is 3.38. The van der Waals surface area contributed by atoms with Crippen molar-refractivity contribution in [3.05, 3.63) is 34.9 Å². The molecule has 1 fully saturated rings. The molecular weight excluding hydrogens is 296 g/mol. The van der Waals surface area contributed by atoms with Crippen molar-refractivity contribution >= 4 is 35.2 Å². The van der Waals surface area contributed by atoms with E-state index < -0.39 is 6.04 Å². The van der Waals surface area contributed by atoms with Gasteiger partial charge in [-0.15, -0.1) is 11.8 Å². The molecule has 1 heterocycles. The molecule has 2 unspecified atom stereocenters. The maximum Gasteiger partial charge on any atom is 0.244 e. The van der Waals surface area contributed by atoms with Crippen molar-refractivity contribution in [2.45, 2.75) is 18.3 Å². The lowest BCUT2D eigenvalue weighted by Gasteiger charge is -2.31. The van der Waals surface area contributed by atoms with Gasteiger partial charge in [-0.2, -0.15) is 0 Å². The van der Waals surface area contributed by atoms with Crippen molar-refractivity contribution in [3.8, 4) is 0 Å². The summed E-state index contributed by atoms with van der Waals surface area (Å²) in [6.45, 7) is 1.76. The van der Waals surface area contributed by atoms with Gasteiger partial charge in [-0.1, -0.05) is 29.8 Å². The summed E-state index contributed by atoms with van der Waals surface area (Å²) >= 11 is 7.72. The van der Waals surface area contributed by atoms with Crippen LogP contribution in [-0.4, -0.2) is 47.5 Å². The van der Waals surface area contributed by atoms with Crippen LogP contribution in [0.25, 0.3) is 0 Å². The first-order valence-electron chi connectivity index (χ1n) is 6.32. The molecule has 0 N–H and O–H groups in total. The molecule has 1 saturated heterocycles. The third kappa shape index (κ3) is 2.79. The maximum absolute atomic E-state index is 12.1. The van der Waals surface area contributed by atoms with Crippen LogP contribution in [0.1, 0.15) is 17.9 Å². The number of benzene rings is 1. The highest BCUT2D eigenvalue weighted by atomic mass is 35.5. The Bertz CT molecular complexity index is 536. The third-order valence-corrected chi connectivity index (χ3v) is 4.85. The number of hydrogen-bond donors (Lipinski definition) is 0. The summed E-state index contributed by atoms with van der Waals surface area (Å²) in [5.41, 5.74) is 0.878. The van der Waals surface area contributed by atoms with E-state index in [0.29, 0.717) is 10.8 Å². The second-order valence-electron chi connectivity index (χ2n) is 4.89. The summed E-state index contributed by atoms with van der Waals surface area (Å²) in [5, 5.41) is 0.421. The van der Waals surface area contributed by atoms with Crippen molar-refractivity contribution in [1.29, 1.82) is 0 Å². The first-order valence-corrected chi connectivity index (χ1v) is 7.74. The molecule has 6 heteroatoms. The van der Waals surface area contributed by atoms with Gasteiger partial charge in [0.1, 0.15) is 11.4 Å². The molecule has 0 radical (unpaired) electrons. The summed E-state index contributed by atoms with van der Waals surface area (Å²) in [5.74, 6) is 0.265. The quantitative estimate of drug-likeness (QED) is 0.860. The van der Waals surface area contributed by atoms with E-state index in [9.17, 15) is 9.59 Å². The minimum atomic E-state index is -0.492. The number of halogens is 1. The molecule has 2 rings (SSSR count). The largest absolute Gasteiger partial charge is 0.347 e. The van der Waals surface area contributed by atoms with E-state index in [1.807, 2.05) is 18.2 Å². The van der Waals surface area contributed by atoms with Crippen molar-refractivity contribution < 1.29 is 9.59 Å². The predicted molar refractivity (Wildman–Crippen MR) is 81.7 cm³/mol. The van der Waals surface area contributed by atoms with Gasteiger partial charge in [-0.3, -0.25) is 9.59 Å². The Hall–Kier alpha value is -1.20. The van der Waals surface area contributed by atoms with Crippen LogP contribution < -0.4 is 0 Å². The van der Waals surface area contributed by atoms with Crippen molar-refractivity contribution in [3.63, 3.8) is 0 Å². The van der Waals surface area contributed by atoms with E-state index in [4.69, 9.17) is 11.6 Å². The van der Waals surface area contributed by atoms with Crippen molar-refractivity contribution in [1.82, 2.24) is 9.80 Å². The Morgan fingerprint density at radius 1 is 1.45 bits per heavy atom. The number of hydrogen-bond acceptors (Lipinski definition) is 3. The van der Waals surface area contributed by atoms with Crippen LogP contribution in [0.5, 0.6) is 0 Å². The monoisotopic (exact) mass is 312 g/mol. The van der Waals surface area contributed by atoms with Gasteiger partial charge < -0.3 is 9.80 Å². The Kier molecular flexibility index (Phi) is 4.60. The zero-order valence-corrected chi connectivity index (χ0v) is 13.2. The van der Waals surface area contributed by atoms with E-state index in [1.165, 1.54) is 16.7 Å². The number of nitrogens with zero attached hydrogens (tertiary/aromatic N) is 2. The molecule has 4 nitrogen and oxygen atoms in total. The molecule has 1 aliphatic heterocycles. The number of carbonyl (C=O) groups is 2. The lowest BCUT2D eigenvalue weighted by molar-refractivity contribution is -0.142. The fraction of sp³-hybridized carbons (Fsp3) is 0.429. The number of likely N-dealkylation sites (N-methyl/N-ethyl adjacent to an activating group) is 1. The van der Waals surface area contributed by atoms with Crippen LogP contribution in [0.3, 0.4) is 0 Å². The smallest absolute Gasteiger partial charge is 0.244 e. The van der Waals surface area contributed by atoms with Crippen LogP contribution in [-0.2, 0) is 9.59 Å². The van der Waals surface area contributed by atoms with Gasteiger partial charge >= 0.3 is 0 Å². The molecule has 2 amide bonds. The zero-order valence-electron chi connectivity index (χ0n) is 11.7. The van der Waals surface area contributed by atoms with Crippen molar-refractivity contribution in [2.24, 2.45) is 0 Å². The predicted octanol–water partition coefficient (Wildman–Crippen LogP) is 2.39. The van der Waals surface area contributed by atoms with Crippen LogP contribution in [0.15, 0.2) is 24.3 Å². The summed E-state index contributed by atoms with van der Waals surface area (Å²) in [6, 6.07) is 6.96. The van der Waals surface area contributed by atoms with E-state index in [-0.39, 0.29) is 17.2 Å². The van der Waals surface area contributed by atoms with Gasteiger partial charge in [0.2, 0.25) is 11.8 Å². The minimum Gasteiger partial charge on any atom is -0.347 e. The molecule has 0 saturated carbocycles. The lowest BCUT2D eigenvalue weighted by Crippen LogP contribution is -2.46. The van der Waals surface area contributed by atoms with Gasteiger partial charge in [0, 0.05) is 24.7 Å². The molecule has 1 aromatic carbocycles. The van der Waals surface area contributed by atoms with E-state index in [1.54, 1.807) is 32.0 Å². The van der Waals surface area contributed by atoms with Gasteiger partial charge in [-0.25, -0.2) is 0 Å². The molecule has 0 spiro atoms. The van der Waals surface area contributed by atoms with Crippen LogP contribution >= 0.6 is 23.4 Å². The van der Waals surface area contributed by atoms with Crippen LogP contribution in [0.2, 0.25) is 5.02 Å². The molecule has 0 bridgehead atoms. The Morgan fingerprint density at radius 2 is 2.10 bits per heavy atom. The van der Waals surface area contributed by atoms with Gasteiger partial charge in [0.15, 0.2) is 0 Å². The Labute approximate surface area is 128 Å². The average Bonchev–Trinajstić information content (AvgIpc) is 2.79. The number of rotatable bonds is 3. The van der Waals surface area contributed by atoms with E-state index >= 15 is 0 Å². The summed E-state index contributed by atoms with van der Waals surface area (Å²) in [4.78, 5) is 27.4. The Balaban J connectivity index is 2.32. The first kappa shape index (κ1) is 15.2.